The molecule has 1 fully saturated rings. The number of methoxy groups -OCH3 is 2. The van der Waals surface area contributed by atoms with Crippen LogP contribution in [0.4, 0.5) is 0 Å². The highest BCUT2D eigenvalue weighted by Crippen LogP contribution is 2.37. The molecule has 2 aromatic heterocycles. The lowest BCUT2D eigenvalue weighted by molar-refractivity contribution is -0.140. The Morgan fingerprint density at radius 1 is 1.11 bits per heavy atom. The molecule has 2 bridgehead atoms. The average molecular weight is 507 g/mol. The molecule has 0 aliphatic carbocycles. The second-order valence-corrected chi connectivity index (χ2v) is 9.79. The normalized spacial score (nSPS) is 19.6. The number of carbonyl (C=O) groups is 1. The number of benzene rings is 1. The Bertz CT molecular complexity index is 1410. The fourth-order valence-corrected chi connectivity index (χ4v) is 5.66. The van der Waals surface area contributed by atoms with Gasteiger partial charge in [-0.25, -0.2) is 0 Å². The number of fused-ring (bicyclic) bond motifs is 4. The van der Waals surface area contributed by atoms with Gasteiger partial charge in [-0.1, -0.05) is 18.2 Å². The Labute approximate surface area is 213 Å². The van der Waals surface area contributed by atoms with E-state index in [4.69, 9.17) is 13.9 Å². The number of hydrogen-bond acceptors (Lipinski definition) is 8. The smallest absolute Gasteiger partial charge is 0.306 e. The number of nitrogens with zero attached hydrogens (tertiary/aromatic N) is 2. The number of likely N-dealkylation sites (tertiary alicyclic amines) is 1. The SMILES string of the molecule is COC(=O)CC(c1ccc(OC)cc1)c1oc(CN2C[C@H]3C[C@@H](C2)c2cccc(=O)n2C3)cc(=O)c1O. The maximum absolute atomic E-state index is 12.8. The Kier molecular flexibility index (Phi) is 6.88. The molecule has 0 saturated carbocycles. The second-order valence-electron chi connectivity index (χ2n) is 9.79. The number of piperidine rings is 1. The van der Waals surface area contributed by atoms with Gasteiger partial charge in [0.05, 0.1) is 33.1 Å². The molecule has 0 amide bonds. The van der Waals surface area contributed by atoms with Crippen molar-refractivity contribution < 1.29 is 23.8 Å². The van der Waals surface area contributed by atoms with Gasteiger partial charge in [0.2, 0.25) is 11.2 Å². The molecule has 9 nitrogen and oxygen atoms in total. The van der Waals surface area contributed by atoms with Crippen LogP contribution in [0.15, 0.2) is 62.5 Å². The summed E-state index contributed by atoms with van der Waals surface area (Å²) in [4.78, 5) is 39.6. The summed E-state index contributed by atoms with van der Waals surface area (Å²) in [6, 6.07) is 13.7. The summed E-state index contributed by atoms with van der Waals surface area (Å²) in [7, 11) is 2.85. The Hall–Kier alpha value is -3.85. The molecule has 37 heavy (non-hydrogen) atoms. The van der Waals surface area contributed by atoms with E-state index in [2.05, 4.69) is 4.90 Å². The number of hydrogen-bond donors (Lipinski definition) is 1. The fraction of sp³-hybridized carbons (Fsp3) is 0.393. The van der Waals surface area contributed by atoms with E-state index in [9.17, 15) is 19.5 Å². The molecule has 0 radical (unpaired) electrons. The Balaban J connectivity index is 1.44. The van der Waals surface area contributed by atoms with Gasteiger partial charge in [-0.05, 0) is 36.1 Å². The van der Waals surface area contributed by atoms with E-state index in [-0.39, 0.29) is 23.7 Å². The van der Waals surface area contributed by atoms with Crippen LogP contribution >= 0.6 is 0 Å². The van der Waals surface area contributed by atoms with E-state index in [1.54, 1.807) is 43.5 Å². The van der Waals surface area contributed by atoms with Crippen molar-refractivity contribution in [2.45, 2.75) is 37.8 Å². The molecule has 3 atom stereocenters. The Morgan fingerprint density at radius 2 is 1.89 bits per heavy atom. The maximum Gasteiger partial charge on any atom is 0.306 e. The number of ether oxygens (including phenoxy) is 2. The standard InChI is InChI=1S/C28H30N2O7/c1-35-20-8-6-18(7-9-20)22(12-26(33)36-2)28-27(34)24(31)11-21(37-28)16-29-13-17-10-19(15-29)23-4-3-5-25(32)30(23)14-17/h3-9,11,17,19,22,34H,10,12-16H2,1-2H3/t17-,19+,22?/m1/s1. The fourth-order valence-electron chi connectivity index (χ4n) is 5.66. The lowest BCUT2D eigenvalue weighted by Crippen LogP contribution is -2.46. The van der Waals surface area contributed by atoms with Crippen molar-refractivity contribution in [1.82, 2.24) is 9.47 Å². The van der Waals surface area contributed by atoms with Crippen molar-refractivity contribution in [1.29, 1.82) is 0 Å². The first-order chi connectivity index (χ1) is 17.9. The largest absolute Gasteiger partial charge is 0.502 e. The molecular formula is C28H30N2O7. The minimum Gasteiger partial charge on any atom is -0.502 e. The predicted octanol–water partition coefficient (Wildman–Crippen LogP) is 2.83. The summed E-state index contributed by atoms with van der Waals surface area (Å²) in [5, 5.41) is 10.7. The van der Waals surface area contributed by atoms with Crippen LogP contribution in [0.3, 0.4) is 0 Å². The van der Waals surface area contributed by atoms with Crippen LogP contribution < -0.4 is 15.7 Å². The molecule has 3 aromatic rings. The number of esters is 1. The van der Waals surface area contributed by atoms with Crippen LogP contribution in [0, 0.1) is 5.92 Å². The average Bonchev–Trinajstić information content (AvgIpc) is 2.90. The summed E-state index contributed by atoms with van der Waals surface area (Å²) in [5.41, 5.74) is 1.19. The summed E-state index contributed by atoms with van der Waals surface area (Å²) in [6.07, 6.45) is 0.908. The third-order valence-corrected chi connectivity index (χ3v) is 7.37. The summed E-state index contributed by atoms with van der Waals surface area (Å²) >= 11 is 0. The number of aromatic nitrogens is 1. The minimum absolute atomic E-state index is 0.0324. The molecule has 9 heteroatoms. The molecule has 1 saturated heterocycles. The second kappa shape index (κ2) is 10.3. The number of rotatable bonds is 7. The third kappa shape index (κ3) is 5.04. The highest BCUT2D eigenvalue weighted by Gasteiger charge is 2.35. The van der Waals surface area contributed by atoms with E-state index >= 15 is 0 Å². The summed E-state index contributed by atoms with van der Waals surface area (Å²) in [5.74, 6) is -0.107. The Morgan fingerprint density at radius 3 is 2.62 bits per heavy atom. The highest BCUT2D eigenvalue weighted by molar-refractivity contribution is 5.71. The zero-order chi connectivity index (χ0) is 26.1. The predicted molar refractivity (Wildman–Crippen MR) is 135 cm³/mol. The lowest BCUT2D eigenvalue weighted by atomic mass is 9.83. The highest BCUT2D eigenvalue weighted by atomic mass is 16.5. The zero-order valence-corrected chi connectivity index (χ0v) is 20.9. The van der Waals surface area contributed by atoms with Gasteiger partial charge >= 0.3 is 5.97 Å². The molecule has 1 unspecified atom stereocenters. The van der Waals surface area contributed by atoms with Crippen LogP contribution in [0.25, 0.3) is 0 Å². The van der Waals surface area contributed by atoms with Crippen molar-refractivity contribution in [2.75, 3.05) is 27.3 Å². The molecule has 2 aliphatic rings. The third-order valence-electron chi connectivity index (χ3n) is 7.37. The van der Waals surface area contributed by atoms with Crippen molar-refractivity contribution in [2.24, 2.45) is 5.92 Å². The van der Waals surface area contributed by atoms with E-state index in [0.717, 1.165) is 25.2 Å². The molecule has 4 heterocycles. The van der Waals surface area contributed by atoms with Crippen LogP contribution in [-0.2, 0) is 22.6 Å². The molecule has 0 spiro atoms. The van der Waals surface area contributed by atoms with Gasteiger partial charge in [0.25, 0.3) is 5.56 Å². The van der Waals surface area contributed by atoms with Crippen LogP contribution in [0.2, 0.25) is 0 Å². The number of carbonyl (C=O) groups excluding carboxylic acids is 1. The molecule has 2 aliphatic heterocycles. The van der Waals surface area contributed by atoms with Gasteiger partial charge in [0.1, 0.15) is 11.5 Å². The first-order valence-electron chi connectivity index (χ1n) is 12.3. The van der Waals surface area contributed by atoms with Crippen molar-refractivity contribution in [3.05, 3.63) is 91.9 Å². The van der Waals surface area contributed by atoms with Crippen molar-refractivity contribution in [3.63, 3.8) is 0 Å². The van der Waals surface area contributed by atoms with Crippen LogP contribution in [0.1, 0.15) is 47.5 Å². The van der Waals surface area contributed by atoms with Gasteiger partial charge < -0.3 is 23.6 Å². The maximum atomic E-state index is 12.8. The first kappa shape index (κ1) is 24.8. The topological polar surface area (TPSA) is 111 Å². The first-order valence-corrected chi connectivity index (χ1v) is 12.3. The minimum atomic E-state index is -0.717. The lowest BCUT2D eigenvalue weighted by Gasteiger charge is -2.42. The number of pyridine rings is 1. The quantitative estimate of drug-likeness (QED) is 0.487. The summed E-state index contributed by atoms with van der Waals surface area (Å²) < 4.78 is 18.1. The van der Waals surface area contributed by atoms with E-state index < -0.39 is 23.1 Å². The van der Waals surface area contributed by atoms with E-state index in [1.165, 1.54) is 13.2 Å². The van der Waals surface area contributed by atoms with Crippen molar-refractivity contribution >= 4 is 5.97 Å². The van der Waals surface area contributed by atoms with Gasteiger partial charge in [0, 0.05) is 43.4 Å². The molecule has 194 valence electrons. The van der Waals surface area contributed by atoms with Gasteiger partial charge in [-0.15, -0.1) is 0 Å². The van der Waals surface area contributed by atoms with Crippen LogP contribution in [0.5, 0.6) is 11.5 Å². The molecule has 5 rings (SSSR count). The van der Waals surface area contributed by atoms with E-state index in [0.29, 0.717) is 36.1 Å². The zero-order valence-electron chi connectivity index (χ0n) is 20.9. The van der Waals surface area contributed by atoms with Gasteiger partial charge in [-0.2, -0.15) is 0 Å². The monoisotopic (exact) mass is 506 g/mol. The van der Waals surface area contributed by atoms with Crippen molar-refractivity contribution in [3.8, 4) is 11.5 Å². The molecular weight excluding hydrogens is 476 g/mol. The molecule has 1 aromatic carbocycles. The number of aromatic hydroxyl groups is 1. The van der Waals surface area contributed by atoms with E-state index in [1.807, 2.05) is 10.6 Å². The molecule has 1 N–H and O–H groups in total. The van der Waals surface area contributed by atoms with Crippen LogP contribution in [-0.4, -0.2) is 47.9 Å². The van der Waals surface area contributed by atoms with Gasteiger partial charge in [0.15, 0.2) is 5.76 Å². The van der Waals surface area contributed by atoms with Gasteiger partial charge in [-0.3, -0.25) is 19.3 Å². The summed E-state index contributed by atoms with van der Waals surface area (Å²) in [6.45, 7) is 2.54.